The van der Waals surface area contributed by atoms with E-state index in [4.69, 9.17) is 0 Å². The number of pyridine rings is 1. The van der Waals surface area contributed by atoms with Crippen molar-refractivity contribution in [3.8, 4) is 0 Å². The highest BCUT2D eigenvalue weighted by Crippen LogP contribution is 2.42. The summed E-state index contributed by atoms with van der Waals surface area (Å²) in [6.07, 6.45) is -8.77. The normalized spacial score (nSPS) is 21.0. The second-order valence-corrected chi connectivity index (χ2v) is 10.1. The molecule has 4 rings (SSSR count). The third-order valence-corrected chi connectivity index (χ3v) is 6.89. The maximum absolute atomic E-state index is 13.7. The lowest BCUT2D eigenvalue weighted by atomic mass is 10.1. The largest absolute Gasteiger partial charge is 0.417 e. The van der Waals surface area contributed by atoms with Crippen LogP contribution in [0.3, 0.4) is 0 Å². The van der Waals surface area contributed by atoms with E-state index in [2.05, 4.69) is 10.3 Å². The zero-order valence-corrected chi connectivity index (χ0v) is 17.9. The highest BCUT2D eigenvalue weighted by Gasteiger charge is 2.39. The van der Waals surface area contributed by atoms with Gasteiger partial charge in [0.05, 0.1) is 33.7 Å². The first-order valence-corrected chi connectivity index (χ1v) is 11.8. The SMILES string of the molecule is CS(=O)(=O)c1cc2c(cc1C(F)(F)F)c1cc(C(F)(F)F)cnc1n2[C@H]1CCCNC[C@@H]1O. The number of nitrogens with one attached hydrogen (secondary N) is 1. The number of aliphatic hydroxyl groups excluding tert-OH is 1. The molecule has 2 aromatic heterocycles. The summed E-state index contributed by atoms with van der Waals surface area (Å²) < 4.78 is 107. The number of hydrogen-bond donors (Lipinski definition) is 2. The van der Waals surface area contributed by atoms with E-state index in [0.717, 1.165) is 6.07 Å². The number of benzene rings is 1. The van der Waals surface area contributed by atoms with Gasteiger partial charge in [-0.25, -0.2) is 13.4 Å². The van der Waals surface area contributed by atoms with Gasteiger partial charge in [-0.05, 0) is 37.6 Å². The van der Waals surface area contributed by atoms with Crippen LogP contribution in [0.5, 0.6) is 0 Å². The Kier molecular flexibility index (Phi) is 5.65. The second kappa shape index (κ2) is 7.84. The fraction of sp³-hybridized carbons (Fsp3) is 0.450. The minimum absolute atomic E-state index is 0.0452. The molecule has 6 nitrogen and oxygen atoms in total. The molecule has 0 spiro atoms. The van der Waals surface area contributed by atoms with Gasteiger partial charge in [0.25, 0.3) is 0 Å². The number of fused-ring (bicyclic) bond motifs is 3. The standard InChI is InChI=1S/C20H19F6N3O3S/c1-33(31,32)17-7-15-11(6-13(17)20(24,25)26)12-5-10(19(21,22)23)8-28-18(12)29(15)14-3-2-4-27-9-16(14)30/h5-8,14,16,27,30H,2-4,9H2,1H3/t14-,16-/m0/s1. The fourth-order valence-electron chi connectivity index (χ4n) is 4.28. The summed E-state index contributed by atoms with van der Waals surface area (Å²) in [5.74, 6) is 0. The van der Waals surface area contributed by atoms with Gasteiger partial charge in [0.2, 0.25) is 0 Å². The van der Waals surface area contributed by atoms with Gasteiger partial charge in [-0.2, -0.15) is 26.3 Å². The Morgan fingerprint density at radius 3 is 2.39 bits per heavy atom. The molecular weight excluding hydrogens is 476 g/mol. The third-order valence-electron chi connectivity index (χ3n) is 5.76. The van der Waals surface area contributed by atoms with Gasteiger partial charge < -0.3 is 15.0 Å². The van der Waals surface area contributed by atoms with Crippen molar-refractivity contribution in [3.05, 3.63) is 35.5 Å². The van der Waals surface area contributed by atoms with Crippen LogP contribution in [0.4, 0.5) is 26.3 Å². The number of halogens is 6. The number of alkyl halides is 6. The van der Waals surface area contributed by atoms with Crippen LogP contribution in [0.1, 0.15) is 30.0 Å². The zero-order valence-electron chi connectivity index (χ0n) is 17.1. The molecule has 1 aromatic carbocycles. The maximum atomic E-state index is 13.7. The van der Waals surface area contributed by atoms with E-state index in [-0.39, 0.29) is 28.5 Å². The molecule has 3 aromatic rings. The monoisotopic (exact) mass is 495 g/mol. The number of aliphatic hydroxyl groups is 1. The molecule has 0 saturated carbocycles. The van der Waals surface area contributed by atoms with Crippen molar-refractivity contribution in [2.24, 2.45) is 0 Å². The fourth-order valence-corrected chi connectivity index (χ4v) is 5.18. The summed E-state index contributed by atoms with van der Waals surface area (Å²) in [5, 5.41) is 13.2. The lowest BCUT2D eigenvalue weighted by Gasteiger charge is -2.24. The van der Waals surface area contributed by atoms with E-state index in [0.29, 0.717) is 44.0 Å². The van der Waals surface area contributed by atoms with Crippen molar-refractivity contribution in [3.63, 3.8) is 0 Å². The predicted octanol–water partition coefficient (Wildman–Crippen LogP) is 3.92. The molecular formula is C20H19F6N3O3S. The first-order valence-electron chi connectivity index (χ1n) is 9.90. The Labute approximate surface area is 184 Å². The van der Waals surface area contributed by atoms with Crippen LogP contribution in [0.2, 0.25) is 0 Å². The lowest BCUT2D eigenvalue weighted by Crippen LogP contribution is -2.31. The van der Waals surface area contributed by atoms with E-state index in [1.807, 2.05) is 0 Å². The summed E-state index contributed by atoms with van der Waals surface area (Å²) in [6.45, 7) is 0.704. The highest BCUT2D eigenvalue weighted by atomic mass is 32.2. The zero-order chi connectivity index (χ0) is 24.3. The Hall–Kier alpha value is -2.38. The molecule has 0 bridgehead atoms. The molecule has 0 amide bonds. The van der Waals surface area contributed by atoms with Crippen LogP contribution < -0.4 is 5.32 Å². The van der Waals surface area contributed by atoms with E-state index >= 15 is 0 Å². The van der Waals surface area contributed by atoms with Crippen molar-refractivity contribution in [2.75, 3.05) is 19.3 Å². The molecule has 13 heteroatoms. The van der Waals surface area contributed by atoms with Crippen LogP contribution in [-0.4, -0.2) is 48.5 Å². The average Bonchev–Trinajstić information content (AvgIpc) is 2.84. The number of sulfone groups is 1. The van der Waals surface area contributed by atoms with Crippen LogP contribution in [0, 0.1) is 0 Å². The van der Waals surface area contributed by atoms with E-state index in [9.17, 15) is 39.9 Å². The molecule has 0 unspecified atom stereocenters. The Balaban J connectivity index is 2.16. The molecule has 1 saturated heterocycles. The molecule has 1 aliphatic heterocycles. The summed E-state index contributed by atoms with van der Waals surface area (Å²) in [6, 6.07) is 1.32. The van der Waals surface area contributed by atoms with Gasteiger partial charge in [-0.1, -0.05) is 0 Å². The number of nitrogens with zero attached hydrogens (tertiary/aromatic N) is 2. The number of aromatic nitrogens is 2. The average molecular weight is 495 g/mol. The molecule has 2 atom stereocenters. The van der Waals surface area contributed by atoms with E-state index < -0.39 is 50.4 Å². The molecule has 3 heterocycles. The van der Waals surface area contributed by atoms with Crippen molar-refractivity contribution < 1.29 is 39.9 Å². The minimum Gasteiger partial charge on any atom is -0.390 e. The quantitative estimate of drug-likeness (QED) is 0.527. The molecule has 33 heavy (non-hydrogen) atoms. The van der Waals surface area contributed by atoms with E-state index in [1.165, 1.54) is 4.57 Å². The highest BCUT2D eigenvalue weighted by molar-refractivity contribution is 7.90. The molecule has 0 aliphatic carbocycles. The first kappa shape index (κ1) is 23.8. The Morgan fingerprint density at radius 1 is 1.09 bits per heavy atom. The predicted molar refractivity (Wildman–Crippen MR) is 108 cm³/mol. The number of hydrogen-bond acceptors (Lipinski definition) is 5. The molecule has 180 valence electrons. The topological polar surface area (TPSA) is 84.2 Å². The summed E-state index contributed by atoms with van der Waals surface area (Å²) in [7, 11) is -4.35. The van der Waals surface area contributed by atoms with Crippen molar-refractivity contribution >= 4 is 31.8 Å². The van der Waals surface area contributed by atoms with E-state index in [1.54, 1.807) is 0 Å². The van der Waals surface area contributed by atoms with Crippen molar-refractivity contribution in [2.45, 2.75) is 42.2 Å². The molecule has 0 radical (unpaired) electrons. The number of rotatable bonds is 2. The van der Waals surface area contributed by atoms with Gasteiger partial charge in [-0.3, -0.25) is 0 Å². The van der Waals surface area contributed by atoms with Gasteiger partial charge in [0.15, 0.2) is 9.84 Å². The third kappa shape index (κ3) is 4.28. The summed E-state index contributed by atoms with van der Waals surface area (Å²) in [4.78, 5) is 2.89. The second-order valence-electron chi connectivity index (χ2n) is 8.08. The van der Waals surface area contributed by atoms with Gasteiger partial charge >= 0.3 is 12.4 Å². The van der Waals surface area contributed by atoms with Gasteiger partial charge in [-0.15, -0.1) is 0 Å². The maximum Gasteiger partial charge on any atom is 0.417 e. The van der Waals surface area contributed by atoms with Crippen LogP contribution in [0.15, 0.2) is 29.3 Å². The smallest absolute Gasteiger partial charge is 0.390 e. The van der Waals surface area contributed by atoms with Crippen molar-refractivity contribution in [1.82, 2.24) is 14.9 Å². The Morgan fingerprint density at radius 2 is 1.79 bits per heavy atom. The number of β-amino-alcohol motifs (C(OH)–C–C–N with tert-alkyl or cyclic N) is 1. The molecule has 1 fully saturated rings. The molecule has 2 N–H and O–H groups in total. The first-order chi connectivity index (χ1) is 15.2. The van der Waals surface area contributed by atoms with Crippen molar-refractivity contribution in [1.29, 1.82) is 0 Å². The summed E-state index contributed by atoms with van der Waals surface area (Å²) in [5.41, 5.74) is -2.74. The molecule has 1 aliphatic rings. The van der Waals surface area contributed by atoms with Gasteiger partial charge in [0, 0.05) is 29.8 Å². The lowest BCUT2D eigenvalue weighted by molar-refractivity contribution is -0.140. The van der Waals surface area contributed by atoms with Gasteiger partial charge in [0.1, 0.15) is 5.65 Å². The summed E-state index contributed by atoms with van der Waals surface area (Å²) >= 11 is 0. The van der Waals surface area contributed by atoms with Crippen LogP contribution >= 0.6 is 0 Å². The Bertz CT molecular complexity index is 1330. The minimum atomic E-state index is -5.07. The van der Waals surface area contributed by atoms with Crippen LogP contribution in [0.25, 0.3) is 21.9 Å². The van der Waals surface area contributed by atoms with Crippen LogP contribution in [-0.2, 0) is 22.2 Å².